The van der Waals surface area contributed by atoms with Crippen molar-refractivity contribution < 1.29 is 32.0 Å². The molecule has 3 aliphatic carbocycles. The van der Waals surface area contributed by atoms with Crippen molar-refractivity contribution in [3.63, 3.8) is 0 Å². The number of rotatable bonds is 7. The number of benzene rings is 1. The van der Waals surface area contributed by atoms with Crippen LogP contribution >= 0.6 is 0 Å². The minimum absolute atomic E-state index is 0.146. The highest BCUT2D eigenvalue weighted by Crippen LogP contribution is 2.65. The molecule has 4 atom stereocenters. The number of carbonyl (C=O) groups is 1. The van der Waals surface area contributed by atoms with Crippen LogP contribution in [0.15, 0.2) is 12.1 Å². The molecule has 3 saturated carbocycles. The molecule has 38 heavy (non-hydrogen) atoms. The Balaban J connectivity index is 1.30. The van der Waals surface area contributed by atoms with Gasteiger partial charge in [-0.05, 0) is 94.6 Å². The van der Waals surface area contributed by atoms with E-state index in [-0.39, 0.29) is 38.0 Å². The summed E-state index contributed by atoms with van der Waals surface area (Å²) in [5.74, 6) is 1.21. The van der Waals surface area contributed by atoms with E-state index in [2.05, 4.69) is 20.8 Å². The summed E-state index contributed by atoms with van der Waals surface area (Å²) < 4.78 is 49.7. The van der Waals surface area contributed by atoms with Gasteiger partial charge in [-0.25, -0.2) is 13.2 Å². The first kappa shape index (κ1) is 27.9. The molecule has 10 heteroatoms. The number of nitrogens with zero attached hydrogens (tertiary/aromatic N) is 1. The molecule has 0 radical (unpaired) electrons. The average molecular weight is 548 g/mol. The van der Waals surface area contributed by atoms with Gasteiger partial charge in [-0.1, -0.05) is 19.9 Å². The van der Waals surface area contributed by atoms with Crippen LogP contribution in [0.25, 0.3) is 0 Å². The standard InChI is InChI=1S/C28H42BNO7S/c1-17-18(11-12-29-36-23-14-19-13-22(27(19,5)6)28(23,7)37-29)9-10-21(24(17)25(31)35-26(2,3)4)34-20-15-30(16-20)38(8,32)33/h9-10,19-20,22-23H,11-16H2,1-8H3/t19-,22-,23+,28-/m0/s1. The summed E-state index contributed by atoms with van der Waals surface area (Å²) in [6.07, 6.45) is 4.69. The van der Waals surface area contributed by atoms with Gasteiger partial charge in [0.15, 0.2) is 0 Å². The molecule has 1 aromatic rings. The quantitative estimate of drug-likeness (QED) is 0.373. The third-order valence-electron chi connectivity index (χ3n) is 9.37. The molecule has 0 N–H and O–H groups in total. The lowest BCUT2D eigenvalue weighted by Gasteiger charge is -2.64. The van der Waals surface area contributed by atoms with Gasteiger partial charge in [0.2, 0.25) is 10.0 Å². The van der Waals surface area contributed by atoms with Crippen molar-refractivity contribution in [2.45, 2.75) is 97.5 Å². The first-order chi connectivity index (χ1) is 17.5. The summed E-state index contributed by atoms with van der Waals surface area (Å²) in [5.41, 5.74) is 1.62. The molecule has 8 nitrogen and oxygen atoms in total. The monoisotopic (exact) mass is 547 g/mol. The zero-order valence-corrected chi connectivity index (χ0v) is 24.8. The second-order valence-corrected chi connectivity index (χ2v) is 15.5. The fraction of sp³-hybridized carbons (Fsp3) is 0.750. The van der Waals surface area contributed by atoms with Gasteiger partial charge in [0, 0.05) is 0 Å². The Morgan fingerprint density at radius 1 is 1.18 bits per heavy atom. The maximum atomic E-state index is 13.3. The number of hydrogen-bond donors (Lipinski definition) is 0. The lowest BCUT2D eigenvalue weighted by atomic mass is 9.43. The van der Waals surface area contributed by atoms with Gasteiger partial charge >= 0.3 is 13.1 Å². The fourth-order valence-corrected chi connectivity index (χ4v) is 7.83. The summed E-state index contributed by atoms with van der Waals surface area (Å²) in [5, 5.41) is 0. The smallest absolute Gasteiger partial charge is 0.457 e. The van der Waals surface area contributed by atoms with E-state index in [1.165, 1.54) is 17.0 Å². The number of esters is 1. The second kappa shape index (κ2) is 9.21. The van der Waals surface area contributed by atoms with Gasteiger partial charge in [-0.2, -0.15) is 4.31 Å². The molecule has 2 aliphatic heterocycles. The van der Waals surface area contributed by atoms with Crippen LogP contribution in [0, 0.1) is 24.2 Å². The summed E-state index contributed by atoms with van der Waals surface area (Å²) in [6.45, 7) is 14.9. The summed E-state index contributed by atoms with van der Waals surface area (Å²) >= 11 is 0. The van der Waals surface area contributed by atoms with Gasteiger partial charge in [0.1, 0.15) is 23.0 Å². The van der Waals surface area contributed by atoms with Gasteiger partial charge in [0.05, 0.1) is 31.1 Å². The molecular weight excluding hydrogens is 505 g/mol. The van der Waals surface area contributed by atoms with Crippen LogP contribution in [0.4, 0.5) is 0 Å². The Bertz CT molecular complexity index is 1220. The third-order valence-corrected chi connectivity index (χ3v) is 10.6. The topological polar surface area (TPSA) is 91.4 Å². The van der Waals surface area contributed by atoms with E-state index in [1.54, 1.807) is 6.07 Å². The Hall–Kier alpha value is -1.62. The van der Waals surface area contributed by atoms with Gasteiger partial charge in [-0.3, -0.25) is 0 Å². The highest BCUT2D eigenvalue weighted by molar-refractivity contribution is 7.88. The molecule has 5 fully saturated rings. The zero-order valence-electron chi connectivity index (χ0n) is 24.0. The Morgan fingerprint density at radius 2 is 1.87 bits per heavy atom. The predicted molar refractivity (Wildman–Crippen MR) is 146 cm³/mol. The highest BCUT2D eigenvalue weighted by Gasteiger charge is 2.67. The number of aryl methyl sites for hydroxylation is 1. The third kappa shape index (κ3) is 4.91. The molecule has 0 aromatic heterocycles. The van der Waals surface area contributed by atoms with Crippen LogP contribution in [-0.2, 0) is 30.5 Å². The van der Waals surface area contributed by atoms with Crippen LogP contribution in [0.2, 0.25) is 6.32 Å². The van der Waals surface area contributed by atoms with Gasteiger partial charge in [-0.15, -0.1) is 0 Å². The number of hydrogen-bond acceptors (Lipinski definition) is 7. The minimum Gasteiger partial charge on any atom is -0.487 e. The lowest BCUT2D eigenvalue weighted by molar-refractivity contribution is -0.199. The summed E-state index contributed by atoms with van der Waals surface area (Å²) in [7, 11) is -3.52. The largest absolute Gasteiger partial charge is 0.487 e. The Morgan fingerprint density at radius 3 is 2.47 bits per heavy atom. The van der Waals surface area contributed by atoms with Crippen LogP contribution in [0.3, 0.4) is 0 Å². The molecule has 2 heterocycles. The van der Waals surface area contributed by atoms with Crippen molar-refractivity contribution in [1.29, 1.82) is 0 Å². The predicted octanol–water partition coefficient (Wildman–Crippen LogP) is 4.24. The highest BCUT2D eigenvalue weighted by atomic mass is 32.2. The van der Waals surface area contributed by atoms with Gasteiger partial charge < -0.3 is 18.8 Å². The molecule has 1 aromatic carbocycles. The van der Waals surface area contributed by atoms with E-state index in [9.17, 15) is 13.2 Å². The summed E-state index contributed by atoms with van der Waals surface area (Å²) in [4.78, 5) is 13.3. The molecule has 0 amide bonds. The maximum Gasteiger partial charge on any atom is 0.457 e. The van der Waals surface area contributed by atoms with Crippen LogP contribution in [0.5, 0.6) is 5.75 Å². The van der Waals surface area contributed by atoms with Crippen molar-refractivity contribution in [1.82, 2.24) is 4.31 Å². The molecule has 5 aliphatic rings. The van der Waals surface area contributed by atoms with Gasteiger partial charge in [0.25, 0.3) is 0 Å². The zero-order chi connectivity index (χ0) is 27.8. The Kier molecular flexibility index (Phi) is 6.77. The molecule has 0 spiro atoms. The molecule has 210 valence electrons. The molecule has 6 rings (SSSR count). The van der Waals surface area contributed by atoms with E-state index in [0.29, 0.717) is 41.3 Å². The lowest BCUT2D eigenvalue weighted by Crippen LogP contribution is -2.65. The maximum absolute atomic E-state index is 13.3. The Labute approximate surface area is 227 Å². The van der Waals surface area contributed by atoms with Crippen LogP contribution in [-0.4, -0.2) is 68.6 Å². The minimum atomic E-state index is -3.25. The number of ether oxygens (including phenoxy) is 2. The van der Waals surface area contributed by atoms with Crippen molar-refractivity contribution in [3.05, 3.63) is 28.8 Å². The average Bonchev–Trinajstić information content (AvgIpc) is 3.08. The molecule has 0 unspecified atom stereocenters. The fourth-order valence-electron chi connectivity index (χ4n) is 6.96. The SMILES string of the molecule is Cc1c(CCB2O[C@@H]3C[C@@H]4C[C@@H](C4(C)C)[C@]3(C)O2)ccc(OC2CN(S(C)(=O)=O)C2)c1C(=O)OC(C)(C)C. The number of carbonyl (C=O) groups excluding carboxylic acids is 1. The molecule has 2 saturated heterocycles. The summed E-state index contributed by atoms with van der Waals surface area (Å²) in [6, 6.07) is 3.79. The normalized spacial score (nSPS) is 30.8. The van der Waals surface area contributed by atoms with Crippen molar-refractivity contribution in [2.75, 3.05) is 19.3 Å². The number of sulfonamides is 1. The van der Waals surface area contributed by atoms with Crippen molar-refractivity contribution in [3.8, 4) is 5.75 Å². The van der Waals surface area contributed by atoms with Crippen molar-refractivity contribution in [2.24, 2.45) is 17.3 Å². The molecular formula is C28H42BNO7S. The second-order valence-electron chi connectivity index (χ2n) is 13.5. The van der Waals surface area contributed by atoms with Crippen LogP contribution < -0.4 is 4.74 Å². The van der Waals surface area contributed by atoms with Crippen LogP contribution in [0.1, 0.15) is 75.9 Å². The van der Waals surface area contributed by atoms with E-state index in [4.69, 9.17) is 18.8 Å². The van der Waals surface area contributed by atoms with Crippen molar-refractivity contribution >= 4 is 23.1 Å². The molecule has 2 bridgehead atoms. The first-order valence-corrected chi connectivity index (χ1v) is 15.6. The van der Waals surface area contributed by atoms with E-state index in [0.717, 1.165) is 17.5 Å². The van der Waals surface area contributed by atoms with E-state index < -0.39 is 21.6 Å². The first-order valence-electron chi connectivity index (χ1n) is 13.8. The van der Waals surface area contributed by atoms with E-state index in [1.807, 2.05) is 33.8 Å². The van der Waals surface area contributed by atoms with E-state index >= 15 is 0 Å².